The molecule has 1 saturated heterocycles. The first-order valence-electron chi connectivity index (χ1n) is 5.22. The second-order valence-corrected chi connectivity index (χ2v) is 4.89. The quantitative estimate of drug-likeness (QED) is 0.673. The van der Waals surface area contributed by atoms with Gasteiger partial charge in [-0.05, 0) is 42.9 Å². The van der Waals surface area contributed by atoms with Crippen molar-refractivity contribution in [2.75, 3.05) is 6.54 Å². The molecule has 1 amide bonds. The molecule has 0 radical (unpaired) electrons. The van der Waals surface area contributed by atoms with Crippen LogP contribution in [0.5, 0.6) is 0 Å². The Balaban J connectivity index is 2.27. The first kappa shape index (κ1) is 12.3. The highest BCUT2D eigenvalue weighted by Crippen LogP contribution is 2.16. The van der Waals surface area contributed by atoms with Crippen LogP contribution in [-0.4, -0.2) is 22.5 Å². The standard InChI is InChI=1S/C12H11BrN2OS/c1-2-15-11(16)10(14-12(15)17)7-8-3-5-9(13)6-4-8/h3-7H,2H2,1H3,(H,14,17)/b10-7+. The third-order valence-corrected chi connectivity index (χ3v) is 3.31. The van der Waals surface area contributed by atoms with E-state index in [9.17, 15) is 4.79 Å². The molecule has 1 heterocycles. The zero-order chi connectivity index (χ0) is 12.4. The van der Waals surface area contributed by atoms with E-state index in [0.717, 1.165) is 10.0 Å². The number of halogens is 1. The summed E-state index contributed by atoms with van der Waals surface area (Å²) in [6.45, 7) is 2.48. The van der Waals surface area contributed by atoms with Gasteiger partial charge in [0.25, 0.3) is 5.91 Å². The number of likely N-dealkylation sites (N-methyl/N-ethyl adjacent to an activating group) is 1. The van der Waals surface area contributed by atoms with Crippen LogP contribution in [0.4, 0.5) is 0 Å². The molecule has 0 atom stereocenters. The fraction of sp³-hybridized carbons (Fsp3) is 0.167. The number of hydrogen-bond donors (Lipinski definition) is 1. The largest absolute Gasteiger partial charge is 0.328 e. The van der Waals surface area contributed by atoms with E-state index in [1.54, 1.807) is 11.0 Å². The zero-order valence-electron chi connectivity index (χ0n) is 9.24. The predicted molar refractivity (Wildman–Crippen MR) is 75.2 cm³/mol. The predicted octanol–water partition coefficient (Wildman–Crippen LogP) is 2.53. The van der Waals surface area contributed by atoms with E-state index in [0.29, 0.717) is 17.4 Å². The summed E-state index contributed by atoms with van der Waals surface area (Å²) in [5.41, 5.74) is 1.49. The molecule has 0 aromatic heterocycles. The average molecular weight is 311 g/mol. The number of carbonyl (C=O) groups excluding carboxylic acids is 1. The molecule has 17 heavy (non-hydrogen) atoms. The first-order chi connectivity index (χ1) is 8.11. The highest BCUT2D eigenvalue weighted by Gasteiger charge is 2.28. The number of thiocarbonyl (C=S) groups is 1. The fourth-order valence-corrected chi connectivity index (χ4v) is 2.17. The van der Waals surface area contributed by atoms with Crippen molar-refractivity contribution >= 4 is 45.2 Å². The van der Waals surface area contributed by atoms with Crippen LogP contribution in [0.15, 0.2) is 34.4 Å². The molecule has 0 aliphatic carbocycles. The SMILES string of the molecule is CCN1C(=O)/C(=C\c2ccc(Br)cc2)NC1=S. The first-order valence-corrected chi connectivity index (χ1v) is 6.42. The van der Waals surface area contributed by atoms with Gasteiger partial charge >= 0.3 is 0 Å². The number of amides is 1. The van der Waals surface area contributed by atoms with Gasteiger partial charge in [-0.15, -0.1) is 0 Å². The van der Waals surface area contributed by atoms with Crippen LogP contribution < -0.4 is 5.32 Å². The van der Waals surface area contributed by atoms with Gasteiger partial charge in [0.1, 0.15) is 5.70 Å². The molecule has 5 heteroatoms. The lowest BCUT2D eigenvalue weighted by molar-refractivity contribution is -0.122. The summed E-state index contributed by atoms with van der Waals surface area (Å²) >= 11 is 8.44. The van der Waals surface area contributed by atoms with Gasteiger partial charge in [0.15, 0.2) is 5.11 Å². The smallest absolute Gasteiger partial charge is 0.276 e. The normalized spacial score (nSPS) is 17.8. The van der Waals surface area contributed by atoms with E-state index >= 15 is 0 Å². The molecule has 1 aliphatic heterocycles. The minimum atomic E-state index is -0.0691. The van der Waals surface area contributed by atoms with Crippen molar-refractivity contribution in [3.8, 4) is 0 Å². The number of benzene rings is 1. The van der Waals surface area contributed by atoms with E-state index in [1.807, 2.05) is 31.2 Å². The molecular formula is C12H11BrN2OS. The summed E-state index contributed by atoms with van der Waals surface area (Å²) in [6.07, 6.45) is 1.80. The third kappa shape index (κ3) is 2.56. The lowest BCUT2D eigenvalue weighted by Crippen LogP contribution is -2.30. The van der Waals surface area contributed by atoms with E-state index in [2.05, 4.69) is 21.2 Å². The Kier molecular flexibility index (Phi) is 3.59. The Bertz CT molecular complexity index is 496. The van der Waals surface area contributed by atoms with Crippen LogP contribution in [0.3, 0.4) is 0 Å². The number of nitrogens with one attached hydrogen (secondary N) is 1. The summed E-state index contributed by atoms with van der Waals surface area (Å²) in [5.74, 6) is -0.0691. The molecule has 1 aromatic carbocycles. The van der Waals surface area contributed by atoms with Crippen molar-refractivity contribution in [1.82, 2.24) is 10.2 Å². The molecule has 1 aromatic rings. The Morgan fingerprint density at radius 2 is 2.06 bits per heavy atom. The van der Waals surface area contributed by atoms with Gasteiger partial charge in [-0.3, -0.25) is 9.69 Å². The van der Waals surface area contributed by atoms with Crippen LogP contribution in [0.25, 0.3) is 6.08 Å². The minimum absolute atomic E-state index is 0.0691. The van der Waals surface area contributed by atoms with E-state index < -0.39 is 0 Å². The van der Waals surface area contributed by atoms with Gasteiger partial charge in [-0.2, -0.15) is 0 Å². The second-order valence-electron chi connectivity index (χ2n) is 3.59. The number of rotatable bonds is 2. The minimum Gasteiger partial charge on any atom is -0.328 e. The Hall–Kier alpha value is -1.20. The number of carbonyl (C=O) groups is 1. The van der Waals surface area contributed by atoms with Crippen molar-refractivity contribution < 1.29 is 4.79 Å². The summed E-state index contributed by atoms with van der Waals surface area (Å²) < 4.78 is 1.01. The lowest BCUT2D eigenvalue weighted by atomic mass is 10.2. The van der Waals surface area contributed by atoms with Crippen LogP contribution in [0.2, 0.25) is 0 Å². The summed E-state index contributed by atoms with van der Waals surface area (Å²) in [4.78, 5) is 13.5. The van der Waals surface area contributed by atoms with Gasteiger partial charge in [0.2, 0.25) is 0 Å². The van der Waals surface area contributed by atoms with Gasteiger partial charge in [0, 0.05) is 11.0 Å². The molecule has 3 nitrogen and oxygen atoms in total. The van der Waals surface area contributed by atoms with E-state index in [-0.39, 0.29) is 5.91 Å². The number of nitrogens with zero attached hydrogens (tertiary/aromatic N) is 1. The lowest BCUT2D eigenvalue weighted by Gasteiger charge is -2.08. The van der Waals surface area contributed by atoms with Crippen LogP contribution in [-0.2, 0) is 4.79 Å². The van der Waals surface area contributed by atoms with Gasteiger partial charge in [-0.1, -0.05) is 28.1 Å². The maximum absolute atomic E-state index is 11.9. The fourth-order valence-electron chi connectivity index (χ4n) is 1.58. The van der Waals surface area contributed by atoms with Gasteiger partial charge in [0.05, 0.1) is 0 Å². The molecule has 1 N–H and O–H groups in total. The van der Waals surface area contributed by atoms with E-state index in [1.165, 1.54) is 0 Å². The maximum atomic E-state index is 11.9. The van der Waals surface area contributed by atoms with Crippen molar-refractivity contribution in [3.05, 3.63) is 40.0 Å². The Morgan fingerprint density at radius 3 is 2.59 bits per heavy atom. The summed E-state index contributed by atoms with van der Waals surface area (Å²) in [6, 6.07) is 7.73. The van der Waals surface area contributed by atoms with E-state index in [4.69, 9.17) is 12.2 Å². The molecule has 1 fully saturated rings. The van der Waals surface area contributed by atoms with Gasteiger partial charge < -0.3 is 5.32 Å². The Morgan fingerprint density at radius 1 is 1.41 bits per heavy atom. The molecule has 0 saturated carbocycles. The molecule has 0 unspecified atom stereocenters. The average Bonchev–Trinajstić information content (AvgIpc) is 2.57. The van der Waals surface area contributed by atoms with Crippen molar-refractivity contribution in [3.63, 3.8) is 0 Å². The molecule has 2 rings (SSSR count). The summed E-state index contributed by atoms with van der Waals surface area (Å²) in [7, 11) is 0. The second kappa shape index (κ2) is 4.98. The van der Waals surface area contributed by atoms with Crippen LogP contribution in [0.1, 0.15) is 12.5 Å². The Labute approximate surface area is 114 Å². The molecule has 0 spiro atoms. The highest BCUT2D eigenvalue weighted by molar-refractivity contribution is 9.10. The highest BCUT2D eigenvalue weighted by atomic mass is 79.9. The van der Waals surface area contributed by atoms with Crippen molar-refractivity contribution in [1.29, 1.82) is 0 Å². The maximum Gasteiger partial charge on any atom is 0.276 e. The van der Waals surface area contributed by atoms with Crippen molar-refractivity contribution in [2.45, 2.75) is 6.92 Å². The topological polar surface area (TPSA) is 32.3 Å². The van der Waals surface area contributed by atoms with Crippen LogP contribution in [0, 0.1) is 0 Å². The van der Waals surface area contributed by atoms with Crippen molar-refractivity contribution in [2.24, 2.45) is 0 Å². The molecule has 88 valence electrons. The molecular weight excluding hydrogens is 300 g/mol. The number of hydrogen-bond acceptors (Lipinski definition) is 2. The van der Waals surface area contributed by atoms with Gasteiger partial charge in [-0.25, -0.2) is 0 Å². The zero-order valence-corrected chi connectivity index (χ0v) is 11.6. The summed E-state index contributed by atoms with van der Waals surface area (Å²) in [5, 5.41) is 3.40. The van der Waals surface area contributed by atoms with Crippen LogP contribution >= 0.6 is 28.1 Å². The molecule has 1 aliphatic rings. The monoisotopic (exact) mass is 310 g/mol. The molecule has 0 bridgehead atoms. The third-order valence-electron chi connectivity index (χ3n) is 2.46.